The van der Waals surface area contributed by atoms with Crippen molar-refractivity contribution in [3.8, 4) is 5.75 Å². The van der Waals surface area contributed by atoms with Crippen molar-refractivity contribution < 1.29 is 33.0 Å². The third-order valence-electron chi connectivity index (χ3n) is 12.3. The van der Waals surface area contributed by atoms with Crippen LogP contribution < -0.4 is 5.32 Å². The first-order valence-electron chi connectivity index (χ1n) is 18.7. The Balaban J connectivity index is 1.29. The predicted molar refractivity (Wildman–Crippen MR) is 196 cm³/mol. The Labute approximate surface area is 309 Å². The third kappa shape index (κ3) is 9.95. The molecule has 0 spiro atoms. The molecule has 1 saturated heterocycles. The van der Waals surface area contributed by atoms with E-state index in [2.05, 4.69) is 42.7 Å². The molecule has 51 heavy (non-hydrogen) atoms. The maximum atomic E-state index is 14.3. The highest BCUT2D eigenvalue weighted by atomic mass is 35.5. The molecule has 2 aliphatic carbocycles. The van der Waals surface area contributed by atoms with Crippen LogP contribution in [0, 0.1) is 29.6 Å². The van der Waals surface area contributed by atoms with Gasteiger partial charge in [-0.1, -0.05) is 31.9 Å². The summed E-state index contributed by atoms with van der Waals surface area (Å²) in [5.74, 6) is -0.625. The van der Waals surface area contributed by atoms with E-state index in [9.17, 15) is 33.0 Å². The van der Waals surface area contributed by atoms with Crippen LogP contribution in [0.1, 0.15) is 93.2 Å². The van der Waals surface area contributed by atoms with Gasteiger partial charge in [-0.2, -0.15) is 13.2 Å². The van der Waals surface area contributed by atoms with E-state index in [1.807, 2.05) is 11.8 Å². The Bertz CT molecular complexity index is 1490. The second kappa shape index (κ2) is 17.4. The highest BCUT2D eigenvalue weighted by Crippen LogP contribution is 2.41. The van der Waals surface area contributed by atoms with Gasteiger partial charge in [0.25, 0.3) is 0 Å². The summed E-state index contributed by atoms with van der Waals surface area (Å²) < 4.78 is 41.4. The van der Waals surface area contributed by atoms with E-state index in [1.165, 1.54) is 16.5 Å². The van der Waals surface area contributed by atoms with E-state index in [0.29, 0.717) is 37.3 Å². The van der Waals surface area contributed by atoms with Crippen molar-refractivity contribution in [3.05, 3.63) is 50.2 Å². The number of thiophene rings is 1. The van der Waals surface area contributed by atoms with Crippen LogP contribution in [0.5, 0.6) is 5.75 Å². The first-order valence-corrected chi connectivity index (χ1v) is 19.9. The molecule has 3 N–H and O–H groups in total. The molecule has 0 radical (unpaired) electrons. The number of nitrogens with one attached hydrogen (secondary N) is 1. The van der Waals surface area contributed by atoms with Crippen LogP contribution in [0.3, 0.4) is 0 Å². The Hall–Kier alpha value is -2.02. The van der Waals surface area contributed by atoms with Crippen molar-refractivity contribution in [3.63, 3.8) is 0 Å². The smallest absolute Gasteiger partial charge is 0.420 e. The van der Waals surface area contributed by atoms with Crippen molar-refractivity contribution in [1.82, 2.24) is 15.1 Å². The summed E-state index contributed by atoms with van der Waals surface area (Å²) >= 11 is 7.80. The Morgan fingerprint density at radius 1 is 1.06 bits per heavy atom. The van der Waals surface area contributed by atoms with Gasteiger partial charge in [-0.15, -0.1) is 11.3 Å². The molecule has 5 rings (SSSR count). The summed E-state index contributed by atoms with van der Waals surface area (Å²) in [5, 5.41) is 26.4. The van der Waals surface area contributed by atoms with E-state index in [1.54, 1.807) is 11.3 Å². The number of carbonyl (C=O) groups is 2. The zero-order valence-electron chi connectivity index (χ0n) is 30.4. The molecular weight excluding hydrogens is 699 g/mol. The lowest BCUT2D eigenvalue weighted by Gasteiger charge is -2.40. The third-order valence-corrected chi connectivity index (χ3v) is 13.5. The van der Waals surface area contributed by atoms with E-state index in [-0.39, 0.29) is 41.4 Å². The van der Waals surface area contributed by atoms with Crippen molar-refractivity contribution >= 4 is 34.5 Å². The standard InChI is InChI=1S/C39H55ClF3N3O4S/c1-23(30-22-35-28(15-18-51-35)8-6-10-34(30)47)27-13-16-46(17-14-27)38(50)44-33(21-25-19-31(39(41,42)43)37(49)32(40)20-25)36(48)24(2)26-7-5-9-29(12-11-26)45(3)4/h15,18-20,23-24,26-27,29-30,33,38,44,49-50H,5-14,16-17,21-22H2,1-4H3/t23?,24?,26?,29?,30?,33-,38?/m1/s1. The molecule has 1 saturated carbocycles. The minimum Gasteiger partial charge on any atom is -0.506 e. The lowest BCUT2D eigenvalue weighted by Crippen LogP contribution is -2.56. The topological polar surface area (TPSA) is 93.1 Å². The van der Waals surface area contributed by atoms with Gasteiger partial charge in [0.05, 0.1) is 16.6 Å². The average Bonchev–Trinajstić information content (AvgIpc) is 3.35. The van der Waals surface area contributed by atoms with Crippen LogP contribution >= 0.6 is 22.9 Å². The lowest BCUT2D eigenvalue weighted by molar-refractivity contribution is -0.138. The zero-order valence-corrected chi connectivity index (χ0v) is 31.9. The summed E-state index contributed by atoms with van der Waals surface area (Å²) in [4.78, 5) is 32.9. The van der Waals surface area contributed by atoms with Gasteiger partial charge in [0.1, 0.15) is 11.5 Å². The number of aliphatic hydroxyl groups excluding tert-OH is 1. The summed E-state index contributed by atoms with van der Waals surface area (Å²) in [6, 6.07) is 3.76. The van der Waals surface area contributed by atoms with Crippen LogP contribution in [0.4, 0.5) is 13.2 Å². The molecule has 0 bridgehead atoms. The van der Waals surface area contributed by atoms with Gasteiger partial charge in [0.15, 0.2) is 12.1 Å². The number of benzene rings is 1. The van der Waals surface area contributed by atoms with Crippen molar-refractivity contribution in [2.24, 2.45) is 29.6 Å². The minimum absolute atomic E-state index is 0.0264. The first-order chi connectivity index (χ1) is 24.1. The van der Waals surface area contributed by atoms with Gasteiger partial charge in [-0.3, -0.25) is 19.8 Å². The number of alkyl halides is 3. The molecule has 2 aromatic rings. The summed E-state index contributed by atoms with van der Waals surface area (Å²) in [6.07, 6.45) is 3.41. The number of aryl methyl sites for hydroxylation is 1. The van der Waals surface area contributed by atoms with E-state index >= 15 is 0 Å². The number of halogens is 4. The second-order valence-electron chi connectivity index (χ2n) is 15.6. The maximum Gasteiger partial charge on any atom is 0.420 e. The van der Waals surface area contributed by atoms with Crippen LogP contribution in [-0.4, -0.2) is 77.2 Å². The number of phenolic OH excluding ortho intramolecular Hbond substituents is 1. The quantitative estimate of drug-likeness (QED) is 0.160. The molecule has 12 heteroatoms. The highest BCUT2D eigenvalue weighted by Gasteiger charge is 2.39. The van der Waals surface area contributed by atoms with E-state index in [0.717, 1.165) is 70.3 Å². The number of phenols is 1. The van der Waals surface area contributed by atoms with Crippen LogP contribution in [-0.2, 0) is 35.0 Å². The second-order valence-corrected chi connectivity index (χ2v) is 17.0. The van der Waals surface area contributed by atoms with Crippen LogP contribution in [0.25, 0.3) is 0 Å². The monoisotopic (exact) mass is 753 g/mol. The number of rotatable bonds is 11. The number of piperidine rings is 1. The largest absolute Gasteiger partial charge is 0.506 e. The molecule has 7 nitrogen and oxygen atoms in total. The number of nitrogens with zero attached hydrogens (tertiary/aromatic N) is 2. The van der Waals surface area contributed by atoms with Crippen LogP contribution in [0.2, 0.25) is 5.02 Å². The number of ketones is 2. The molecule has 7 atom stereocenters. The highest BCUT2D eigenvalue weighted by molar-refractivity contribution is 7.10. The molecule has 2 heterocycles. The first kappa shape index (κ1) is 40.2. The SMILES string of the molecule is CC(C(=O)[C@@H](Cc1cc(Cl)c(O)c(C(F)(F)F)c1)NC(O)N1CCC(C(C)C2Cc3sccc3CCCC2=O)CC1)C1CCCC(N(C)C)CC1. The normalized spacial score (nSPS) is 25.4. The van der Waals surface area contributed by atoms with Gasteiger partial charge in [0, 0.05) is 42.3 Å². The number of Topliss-reactive ketones (excluding diaryl/α,β-unsaturated/α-hetero) is 2. The zero-order chi connectivity index (χ0) is 37.0. The van der Waals surface area contributed by atoms with E-state index < -0.39 is 34.9 Å². The molecule has 1 aliphatic heterocycles. The fraction of sp³-hybridized carbons (Fsp3) is 0.692. The van der Waals surface area contributed by atoms with Crippen molar-refractivity contribution in [1.29, 1.82) is 0 Å². The molecule has 3 aliphatic rings. The maximum absolute atomic E-state index is 14.3. The number of likely N-dealkylation sites (tertiary alicyclic amines) is 1. The summed E-state index contributed by atoms with van der Waals surface area (Å²) in [7, 11) is 4.14. The molecule has 284 valence electrons. The van der Waals surface area contributed by atoms with Gasteiger partial charge < -0.3 is 15.1 Å². The predicted octanol–water partition coefficient (Wildman–Crippen LogP) is 7.73. The average molecular weight is 754 g/mol. The number of fused-ring (bicyclic) bond motifs is 1. The van der Waals surface area contributed by atoms with Gasteiger partial charge >= 0.3 is 6.18 Å². The molecular formula is C39H55ClF3N3O4S. The molecule has 0 amide bonds. The molecule has 1 aromatic heterocycles. The minimum atomic E-state index is -4.83. The lowest BCUT2D eigenvalue weighted by atomic mass is 9.73. The molecule has 6 unspecified atom stereocenters. The summed E-state index contributed by atoms with van der Waals surface area (Å²) in [5.41, 5.74) is 0.264. The number of hydrogen-bond donors (Lipinski definition) is 3. The van der Waals surface area contributed by atoms with Gasteiger partial charge in [-0.25, -0.2) is 0 Å². The molecule has 2 fully saturated rings. The molecule has 1 aromatic carbocycles. The van der Waals surface area contributed by atoms with Crippen molar-refractivity contribution in [2.45, 2.75) is 116 Å². The number of aromatic hydroxyl groups is 1. The van der Waals surface area contributed by atoms with E-state index in [4.69, 9.17) is 11.6 Å². The Morgan fingerprint density at radius 2 is 1.78 bits per heavy atom. The Kier molecular flexibility index (Phi) is 13.7. The number of aliphatic hydroxyl groups is 1. The fourth-order valence-corrected chi connectivity index (χ4v) is 10.1. The van der Waals surface area contributed by atoms with Crippen LogP contribution in [0.15, 0.2) is 23.6 Å². The fourth-order valence-electron chi connectivity index (χ4n) is 8.85. The van der Waals surface area contributed by atoms with Gasteiger partial charge in [-0.05, 0) is 131 Å². The Morgan fingerprint density at radius 3 is 2.47 bits per heavy atom. The van der Waals surface area contributed by atoms with Gasteiger partial charge in [0.2, 0.25) is 0 Å². The number of hydrogen-bond acceptors (Lipinski definition) is 8. The van der Waals surface area contributed by atoms with Crippen molar-refractivity contribution in [2.75, 3.05) is 27.2 Å². The summed E-state index contributed by atoms with van der Waals surface area (Å²) in [6.45, 7) is 5.21. The number of carbonyl (C=O) groups excluding carboxylic acids is 2.